The van der Waals surface area contributed by atoms with Crippen molar-refractivity contribution in [1.82, 2.24) is 15.3 Å². The van der Waals surface area contributed by atoms with Crippen molar-refractivity contribution in [2.45, 2.75) is 13.2 Å². The van der Waals surface area contributed by atoms with Crippen LogP contribution >= 0.6 is 11.3 Å². The number of nitrogens with one attached hydrogen (secondary N) is 1. The number of pyridine rings is 1. The Kier molecular flexibility index (Phi) is 6.54. The van der Waals surface area contributed by atoms with Crippen LogP contribution in [0.5, 0.6) is 11.5 Å². The Bertz CT molecular complexity index is 1160. The minimum Gasteiger partial charge on any atom is -0.497 e. The van der Waals surface area contributed by atoms with Crippen molar-refractivity contribution in [3.05, 3.63) is 95.3 Å². The van der Waals surface area contributed by atoms with Gasteiger partial charge in [0, 0.05) is 29.9 Å². The number of methoxy groups -OCH3 is 1. The highest BCUT2D eigenvalue weighted by Gasteiger charge is 2.12. The maximum Gasteiger partial charge on any atom is 0.271 e. The molecule has 0 spiro atoms. The zero-order chi connectivity index (χ0) is 21.5. The molecule has 1 amide bonds. The fourth-order valence-electron chi connectivity index (χ4n) is 2.93. The molecule has 0 unspecified atom stereocenters. The number of hydrogen-bond donors (Lipinski definition) is 1. The number of aromatic nitrogens is 2. The van der Waals surface area contributed by atoms with Crippen LogP contribution in [0.2, 0.25) is 0 Å². The molecule has 156 valence electrons. The molecule has 0 saturated heterocycles. The first-order chi connectivity index (χ1) is 15.2. The standard InChI is InChI=1S/C24H21N3O3S/c1-29-20-6-2-4-18(12-20)15-30-21-7-3-5-19(13-21)24-27-22(16-31-24)23(28)26-14-17-8-10-25-11-9-17/h2-13,16H,14-15H2,1H3,(H,26,28). The van der Waals surface area contributed by atoms with Gasteiger partial charge < -0.3 is 14.8 Å². The summed E-state index contributed by atoms with van der Waals surface area (Å²) in [7, 11) is 1.64. The van der Waals surface area contributed by atoms with E-state index in [1.54, 1.807) is 24.9 Å². The van der Waals surface area contributed by atoms with Crippen molar-refractivity contribution in [2.75, 3.05) is 7.11 Å². The van der Waals surface area contributed by atoms with Crippen LogP contribution in [0, 0.1) is 0 Å². The smallest absolute Gasteiger partial charge is 0.271 e. The molecule has 0 fully saturated rings. The number of carbonyl (C=O) groups excluding carboxylic acids is 1. The van der Waals surface area contributed by atoms with Gasteiger partial charge in [0.1, 0.15) is 28.8 Å². The first-order valence-corrected chi connectivity index (χ1v) is 10.6. The van der Waals surface area contributed by atoms with E-state index in [0.717, 1.165) is 33.2 Å². The lowest BCUT2D eigenvalue weighted by Gasteiger charge is -2.08. The average molecular weight is 432 g/mol. The van der Waals surface area contributed by atoms with Crippen molar-refractivity contribution < 1.29 is 14.3 Å². The quantitative estimate of drug-likeness (QED) is 0.437. The SMILES string of the molecule is COc1cccc(COc2cccc(-c3nc(C(=O)NCc4ccncc4)cs3)c2)c1. The first kappa shape index (κ1) is 20.6. The first-order valence-electron chi connectivity index (χ1n) is 9.70. The molecule has 0 aliphatic heterocycles. The Balaban J connectivity index is 1.39. The molecule has 7 heteroatoms. The fraction of sp³-hybridized carbons (Fsp3) is 0.125. The van der Waals surface area contributed by atoms with E-state index in [4.69, 9.17) is 9.47 Å². The molecule has 4 aromatic rings. The molecule has 1 N–H and O–H groups in total. The van der Waals surface area contributed by atoms with E-state index in [2.05, 4.69) is 15.3 Å². The van der Waals surface area contributed by atoms with Crippen LogP contribution in [0.1, 0.15) is 21.6 Å². The van der Waals surface area contributed by atoms with Gasteiger partial charge in [-0.15, -0.1) is 11.3 Å². The summed E-state index contributed by atoms with van der Waals surface area (Å²) in [6.45, 7) is 0.864. The highest BCUT2D eigenvalue weighted by molar-refractivity contribution is 7.13. The van der Waals surface area contributed by atoms with Crippen LogP contribution in [0.15, 0.2) is 78.4 Å². The van der Waals surface area contributed by atoms with Crippen LogP contribution in [0.25, 0.3) is 10.6 Å². The average Bonchev–Trinajstić information content (AvgIpc) is 3.33. The summed E-state index contributed by atoms with van der Waals surface area (Å²) in [6.07, 6.45) is 3.40. The molecule has 2 aromatic heterocycles. The van der Waals surface area contributed by atoms with Gasteiger partial charge in [-0.25, -0.2) is 4.98 Å². The van der Waals surface area contributed by atoms with Gasteiger partial charge in [-0.05, 0) is 47.5 Å². The Morgan fingerprint density at radius 3 is 2.65 bits per heavy atom. The normalized spacial score (nSPS) is 10.5. The molecule has 0 aliphatic rings. The van der Waals surface area contributed by atoms with Gasteiger partial charge in [-0.2, -0.15) is 0 Å². The van der Waals surface area contributed by atoms with E-state index >= 15 is 0 Å². The summed E-state index contributed by atoms with van der Waals surface area (Å²) < 4.78 is 11.2. The molecule has 0 aliphatic carbocycles. The fourth-order valence-corrected chi connectivity index (χ4v) is 3.73. The van der Waals surface area contributed by atoms with Crippen LogP contribution in [-0.4, -0.2) is 23.0 Å². The lowest BCUT2D eigenvalue weighted by molar-refractivity contribution is 0.0946. The summed E-state index contributed by atoms with van der Waals surface area (Å²) in [5.74, 6) is 1.33. The van der Waals surface area contributed by atoms with Crippen LogP contribution in [0.4, 0.5) is 0 Å². The second-order valence-corrected chi connectivity index (χ2v) is 7.60. The number of nitrogens with zero attached hydrogens (tertiary/aromatic N) is 2. The zero-order valence-electron chi connectivity index (χ0n) is 16.9. The molecule has 2 aromatic carbocycles. The predicted molar refractivity (Wildman–Crippen MR) is 120 cm³/mol. The Hall–Kier alpha value is -3.71. The van der Waals surface area contributed by atoms with E-state index in [1.165, 1.54) is 11.3 Å². The van der Waals surface area contributed by atoms with E-state index in [-0.39, 0.29) is 5.91 Å². The second kappa shape index (κ2) is 9.86. The van der Waals surface area contributed by atoms with E-state index in [1.807, 2.05) is 60.7 Å². The molecule has 4 rings (SSSR count). The highest BCUT2D eigenvalue weighted by Crippen LogP contribution is 2.27. The molecular formula is C24H21N3O3S. The predicted octanol–water partition coefficient (Wildman–Crippen LogP) is 4.72. The molecule has 2 heterocycles. The van der Waals surface area contributed by atoms with Gasteiger partial charge in [-0.3, -0.25) is 9.78 Å². The number of rotatable bonds is 8. The third kappa shape index (κ3) is 5.46. The summed E-state index contributed by atoms with van der Waals surface area (Å²) in [5, 5.41) is 5.41. The Morgan fingerprint density at radius 2 is 1.81 bits per heavy atom. The zero-order valence-corrected chi connectivity index (χ0v) is 17.8. The van der Waals surface area contributed by atoms with Gasteiger partial charge in [-0.1, -0.05) is 24.3 Å². The van der Waals surface area contributed by atoms with Crippen molar-refractivity contribution >= 4 is 17.2 Å². The highest BCUT2D eigenvalue weighted by atomic mass is 32.1. The lowest BCUT2D eigenvalue weighted by atomic mass is 10.2. The number of hydrogen-bond acceptors (Lipinski definition) is 6. The molecular weight excluding hydrogens is 410 g/mol. The van der Waals surface area contributed by atoms with Crippen molar-refractivity contribution in [3.63, 3.8) is 0 Å². The van der Waals surface area contributed by atoms with Crippen molar-refractivity contribution in [3.8, 4) is 22.1 Å². The minimum absolute atomic E-state index is 0.204. The van der Waals surface area contributed by atoms with Crippen molar-refractivity contribution in [2.24, 2.45) is 0 Å². The molecule has 0 radical (unpaired) electrons. The van der Waals surface area contributed by atoms with Crippen LogP contribution < -0.4 is 14.8 Å². The summed E-state index contributed by atoms with van der Waals surface area (Å²) in [6, 6.07) is 19.2. The third-order valence-electron chi connectivity index (χ3n) is 4.56. The number of ether oxygens (including phenoxy) is 2. The summed E-state index contributed by atoms with van der Waals surface area (Å²) >= 11 is 1.43. The third-order valence-corrected chi connectivity index (χ3v) is 5.45. The topological polar surface area (TPSA) is 73.3 Å². The summed E-state index contributed by atoms with van der Waals surface area (Å²) in [4.78, 5) is 20.9. The Morgan fingerprint density at radius 1 is 1.00 bits per heavy atom. The number of thiazole rings is 1. The molecule has 31 heavy (non-hydrogen) atoms. The number of amides is 1. The minimum atomic E-state index is -0.204. The number of benzene rings is 2. The summed E-state index contributed by atoms with van der Waals surface area (Å²) in [5.41, 5.74) is 3.31. The molecule has 6 nitrogen and oxygen atoms in total. The van der Waals surface area contributed by atoms with Gasteiger partial charge in [0.25, 0.3) is 5.91 Å². The number of carbonyl (C=O) groups is 1. The van der Waals surface area contributed by atoms with Gasteiger partial charge >= 0.3 is 0 Å². The van der Waals surface area contributed by atoms with Crippen LogP contribution in [0.3, 0.4) is 0 Å². The van der Waals surface area contributed by atoms with Crippen molar-refractivity contribution in [1.29, 1.82) is 0 Å². The molecule has 0 bridgehead atoms. The van der Waals surface area contributed by atoms with E-state index < -0.39 is 0 Å². The van der Waals surface area contributed by atoms with Crippen LogP contribution in [-0.2, 0) is 13.2 Å². The second-order valence-electron chi connectivity index (χ2n) is 6.74. The lowest BCUT2D eigenvalue weighted by Crippen LogP contribution is -2.23. The monoisotopic (exact) mass is 431 g/mol. The maximum absolute atomic E-state index is 12.4. The van der Waals surface area contributed by atoms with Gasteiger partial charge in [0.2, 0.25) is 0 Å². The largest absolute Gasteiger partial charge is 0.497 e. The Labute approximate surface area is 184 Å². The molecule has 0 saturated carbocycles. The maximum atomic E-state index is 12.4. The van der Waals surface area contributed by atoms with E-state index in [9.17, 15) is 4.79 Å². The van der Waals surface area contributed by atoms with Gasteiger partial charge in [0.05, 0.1) is 7.11 Å². The molecule has 0 atom stereocenters. The van der Waals surface area contributed by atoms with E-state index in [0.29, 0.717) is 18.8 Å². The van der Waals surface area contributed by atoms with Gasteiger partial charge in [0.15, 0.2) is 0 Å².